The Morgan fingerprint density at radius 3 is 2.50 bits per heavy atom. The van der Waals surface area contributed by atoms with E-state index in [1.54, 1.807) is 44.3 Å². The quantitative estimate of drug-likeness (QED) is 0.697. The SMILES string of the molecule is CC(C)(Oc1ccc(Cl)cc1)C(=O)n1cc(C#N)c2ccccc21. The van der Waals surface area contributed by atoms with Crippen LogP contribution in [0.1, 0.15) is 24.2 Å². The topological polar surface area (TPSA) is 55.0 Å². The van der Waals surface area contributed by atoms with Crippen LogP contribution in [-0.4, -0.2) is 16.1 Å². The molecule has 0 bridgehead atoms. The molecule has 0 aliphatic rings. The zero-order chi connectivity index (χ0) is 17.3. The number of fused-ring (bicyclic) bond motifs is 1. The molecule has 0 aliphatic carbocycles. The molecule has 24 heavy (non-hydrogen) atoms. The van der Waals surface area contributed by atoms with Crippen molar-refractivity contribution in [2.24, 2.45) is 0 Å². The lowest BCUT2D eigenvalue weighted by Gasteiger charge is -2.25. The number of para-hydroxylation sites is 1. The number of ether oxygens (including phenoxy) is 1. The summed E-state index contributed by atoms with van der Waals surface area (Å²) in [5.41, 5.74) is 0.0376. The largest absolute Gasteiger partial charge is 0.478 e. The Balaban J connectivity index is 1.98. The van der Waals surface area contributed by atoms with E-state index in [9.17, 15) is 10.1 Å². The molecular formula is C19H15ClN2O2. The molecule has 0 fully saturated rings. The van der Waals surface area contributed by atoms with E-state index in [1.807, 2.05) is 24.3 Å². The highest BCUT2D eigenvalue weighted by molar-refractivity contribution is 6.30. The van der Waals surface area contributed by atoms with E-state index in [4.69, 9.17) is 16.3 Å². The summed E-state index contributed by atoms with van der Waals surface area (Å²) in [5.74, 6) is 0.296. The number of benzene rings is 2. The molecule has 4 nitrogen and oxygen atoms in total. The van der Waals surface area contributed by atoms with E-state index in [0.29, 0.717) is 21.9 Å². The molecule has 0 saturated heterocycles. The van der Waals surface area contributed by atoms with Crippen molar-refractivity contribution in [3.63, 3.8) is 0 Å². The van der Waals surface area contributed by atoms with Crippen LogP contribution in [0.25, 0.3) is 10.9 Å². The summed E-state index contributed by atoms with van der Waals surface area (Å²) in [6, 6.07) is 16.3. The third-order valence-corrected chi connectivity index (χ3v) is 4.00. The summed E-state index contributed by atoms with van der Waals surface area (Å²) < 4.78 is 7.33. The minimum Gasteiger partial charge on any atom is -0.478 e. The highest BCUT2D eigenvalue weighted by atomic mass is 35.5. The average Bonchev–Trinajstić information content (AvgIpc) is 2.95. The van der Waals surface area contributed by atoms with Crippen LogP contribution in [0.15, 0.2) is 54.7 Å². The van der Waals surface area contributed by atoms with Crippen LogP contribution in [0.5, 0.6) is 5.75 Å². The summed E-state index contributed by atoms with van der Waals surface area (Å²) in [6.07, 6.45) is 1.56. The minimum absolute atomic E-state index is 0.254. The molecule has 1 aromatic heterocycles. The fraction of sp³-hybridized carbons (Fsp3) is 0.158. The van der Waals surface area contributed by atoms with Crippen LogP contribution in [-0.2, 0) is 0 Å². The Bertz CT molecular complexity index is 950. The highest BCUT2D eigenvalue weighted by Gasteiger charge is 2.32. The fourth-order valence-corrected chi connectivity index (χ4v) is 2.69. The van der Waals surface area contributed by atoms with Crippen molar-refractivity contribution in [2.75, 3.05) is 0 Å². The number of halogens is 1. The molecule has 0 N–H and O–H groups in total. The minimum atomic E-state index is -1.11. The Morgan fingerprint density at radius 2 is 1.83 bits per heavy atom. The van der Waals surface area contributed by atoms with Crippen molar-refractivity contribution >= 4 is 28.4 Å². The Labute approximate surface area is 144 Å². The van der Waals surface area contributed by atoms with Crippen LogP contribution in [0.3, 0.4) is 0 Å². The number of rotatable bonds is 3. The van der Waals surface area contributed by atoms with Crippen molar-refractivity contribution in [3.8, 4) is 11.8 Å². The first-order valence-corrected chi connectivity index (χ1v) is 7.80. The van der Waals surface area contributed by atoms with Gasteiger partial charge in [-0.05, 0) is 44.2 Å². The number of carbonyl (C=O) groups excluding carboxylic acids is 1. The van der Waals surface area contributed by atoms with Gasteiger partial charge >= 0.3 is 0 Å². The average molecular weight is 339 g/mol. The predicted molar refractivity (Wildman–Crippen MR) is 93.4 cm³/mol. The van der Waals surface area contributed by atoms with Gasteiger partial charge in [-0.25, -0.2) is 0 Å². The second-order valence-corrected chi connectivity index (χ2v) is 6.35. The second kappa shape index (κ2) is 6.03. The molecule has 3 rings (SSSR count). The van der Waals surface area contributed by atoms with Crippen molar-refractivity contribution in [3.05, 3.63) is 65.3 Å². The summed E-state index contributed by atoms with van der Waals surface area (Å²) in [5, 5.41) is 10.6. The molecule has 0 saturated carbocycles. The lowest BCUT2D eigenvalue weighted by atomic mass is 10.1. The third kappa shape index (κ3) is 2.86. The van der Waals surface area contributed by atoms with E-state index >= 15 is 0 Å². The van der Waals surface area contributed by atoms with E-state index in [-0.39, 0.29) is 5.91 Å². The maximum Gasteiger partial charge on any atom is 0.274 e. The molecular weight excluding hydrogens is 324 g/mol. The van der Waals surface area contributed by atoms with Crippen molar-refractivity contribution in [1.29, 1.82) is 5.26 Å². The van der Waals surface area contributed by atoms with Crippen LogP contribution in [0.4, 0.5) is 0 Å². The molecule has 0 amide bonds. The Kier molecular flexibility index (Phi) is 4.04. The van der Waals surface area contributed by atoms with Gasteiger partial charge in [-0.1, -0.05) is 29.8 Å². The van der Waals surface area contributed by atoms with E-state index in [0.717, 1.165) is 5.39 Å². The van der Waals surface area contributed by atoms with Gasteiger partial charge in [0.15, 0.2) is 5.60 Å². The van der Waals surface area contributed by atoms with Gasteiger partial charge in [0.1, 0.15) is 11.8 Å². The maximum atomic E-state index is 13.0. The molecule has 0 spiro atoms. The molecule has 0 radical (unpaired) electrons. The number of nitrogens with zero attached hydrogens (tertiary/aromatic N) is 2. The van der Waals surface area contributed by atoms with Gasteiger partial charge in [-0.15, -0.1) is 0 Å². The molecule has 3 aromatic rings. The lowest BCUT2D eigenvalue weighted by molar-refractivity contribution is 0.0494. The van der Waals surface area contributed by atoms with Crippen molar-refractivity contribution in [1.82, 2.24) is 4.57 Å². The molecule has 5 heteroatoms. The first-order valence-electron chi connectivity index (χ1n) is 7.42. The van der Waals surface area contributed by atoms with Gasteiger partial charge in [-0.3, -0.25) is 9.36 Å². The Morgan fingerprint density at radius 1 is 1.17 bits per heavy atom. The summed E-state index contributed by atoms with van der Waals surface area (Å²) in [6.45, 7) is 3.40. The van der Waals surface area contributed by atoms with Gasteiger partial charge in [0.25, 0.3) is 5.91 Å². The normalized spacial score (nSPS) is 11.2. The maximum absolute atomic E-state index is 13.0. The molecule has 120 valence electrons. The fourth-order valence-electron chi connectivity index (χ4n) is 2.57. The van der Waals surface area contributed by atoms with Crippen molar-refractivity contribution in [2.45, 2.75) is 19.4 Å². The third-order valence-electron chi connectivity index (χ3n) is 3.75. The number of carbonyl (C=O) groups is 1. The van der Waals surface area contributed by atoms with Crippen LogP contribution >= 0.6 is 11.6 Å². The molecule has 0 atom stereocenters. The van der Waals surface area contributed by atoms with Gasteiger partial charge < -0.3 is 4.74 Å². The highest BCUT2D eigenvalue weighted by Crippen LogP contribution is 2.26. The van der Waals surface area contributed by atoms with Gasteiger partial charge in [-0.2, -0.15) is 5.26 Å². The first-order chi connectivity index (χ1) is 11.4. The second-order valence-electron chi connectivity index (χ2n) is 5.91. The van der Waals surface area contributed by atoms with Crippen LogP contribution in [0.2, 0.25) is 5.02 Å². The predicted octanol–water partition coefficient (Wildman–Crippen LogP) is 4.66. The Hall–Kier alpha value is -2.77. The number of nitriles is 1. The monoisotopic (exact) mass is 338 g/mol. The van der Waals surface area contributed by atoms with Crippen LogP contribution < -0.4 is 4.74 Å². The summed E-state index contributed by atoms with van der Waals surface area (Å²) in [4.78, 5) is 13.0. The zero-order valence-corrected chi connectivity index (χ0v) is 14.0. The molecule has 0 aliphatic heterocycles. The number of hydrogen-bond donors (Lipinski definition) is 0. The van der Waals surface area contributed by atoms with Crippen LogP contribution in [0, 0.1) is 11.3 Å². The zero-order valence-electron chi connectivity index (χ0n) is 13.3. The summed E-state index contributed by atoms with van der Waals surface area (Å²) >= 11 is 5.87. The van der Waals surface area contributed by atoms with E-state index in [2.05, 4.69) is 6.07 Å². The molecule has 1 heterocycles. The van der Waals surface area contributed by atoms with E-state index in [1.165, 1.54) is 4.57 Å². The standard InChI is InChI=1S/C19H15ClN2O2/c1-19(2,24-15-9-7-14(20)8-10-15)18(23)22-12-13(11-21)16-5-3-4-6-17(16)22/h3-10,12H,1-2H3. The van der Waals surface area contributed by atoms with Gasteiger partial charge in [0.2, 0.25) is 0 Å². The first kappa shape index (κ1) is 16.1. The van der Waals surface area contributed by atoms with Crippen molar-refractivity contribution < 1.29 is 9.53 Å². The molecule has 2 aromatic carbocycles. The van der Waals surface area contributed by atoms with E-state index < -0.39 is 5.60 Å². The number of aromatic nitrogens is 1. The number of hydrogen-bond acceptors (Lipinski definition) is 3. The molecule has 0 unspecified atom stereocenters. The smallest absolute Gasteiger partial charge is 0.274 e. The lowest BCUT2D eigenvalue weighted by Crippen LogP contribution is -2.41. The van der Waals surface area contributed by atoms with Gasteiger partial charge in [0.05, 0.1) is 11.1 Å². The van der Waals surface area contributed by atoms with Gasteiger partial charge in [0, 0.05) is 16.6 Å². The summed E-state index contributed by atoms with van der Waals surface area (Å²) in [7, 11) is 0.